The molecular weight excluding hydrogens is 442 g/mol. The van der Waals surface area contributed by atoms with Gasteiger partial charge in [-0.3, -0.25) is 4.79 Å². The SMILES string of the molecule is CCOC(=O)CCCn1ccc2cc(-c3noc(C4=CC(Cl)C(OC(C)C)C=C4)n3)ccc21. The molecule has 174 valence electrons. The maximum Gasteiger partial charge on any atom is 0.305 e. The molecule has 0 bridgehead atoms. The molecule has 2 atom stereocenters. The number of aryl methyl sites for hydroxylation is 1. The highest BCUT2D eigenvalue weighted by atomic mass is 35.5. The van der Waals surface area contributed by atoms with Crippen molar-refractivity contribution in [3.8, 4) is 11.4 Å². The monoisotopic (exact) mass is 469 g/mol. The minimum atomic E-state index is -0.303. The zero-order valence-corrected chi connectivity index (χ0v) is 19.8. The number of rotatable bonds is 9. The number of nitrogens with zero attached hydrogens (tertiary/aromatic N) is 3. The van der Waals surface area contributed by atoms with Crippen molar-refractivity contribution in [1.29, 1.82) is 0 Å². The number of carbonyl (C=O) groups is 1. The van der Waals surface area contributed by atoms with E-state index in [1.165, 1.54) is 0 Å². The number of esters is 1. The summed E-state index contributed by atoms with van der Waals surface area (Å²) in [7, 11) is 0. The Labute approximate surface area is 198 Å². The molecular formula is C25H28ClN3O4. The first-order valence-corrected chi connectivity index (χ1v) is 11.7. The molecule has 1 aliphatic rings. The number of alkyl halides is 1. The summed E-state index contributed by atoms with van der Waals surface area (Å²) in [6.45, 7) is 6.94. The van der Waals surface area contributed by atoms with Gasteiger partial charge in [-0.1, -0.05) is 23.4 Å². The number of benzene rings is 1. The fourth-order valence-electron chi connectivity index (χ4n) is 3.82. The van der Waals surface area contributed by atoms with Gasteiger partial charge < -0.3 is 18.6 Å². The molecule has 3 aromatic rings. The van der Waals surface area contributed by atoms with Gasteiger partial charge in [0.2, 0.25) is 5.82 Å². The van der Waals surface area contributed by atoms with Crippen LogP contribution >= 0.6 is 11.6 Å². The van der Waals surface area contributed by atoms with Gasteiger partial charge in [-0.25, -0.2) is 0 Å². The van der Waals surface area contributed by atoms with Crippen molar-refractivity contribution in [3.63, 3.8) is 0 Å². The molecule has 2 aromatic heterocycles. The maximum absolute atomic E-state index is 11.6. The van der Waals surface area contributed by atoms with Gasteiger partial charge in [-0.15, -0.1) is 11.6 Å². The number of carbonyl (C=O) groups excluding carboxylic acids is 1. The molecule has 1 aliphatic carbocycles. The van der Waals surface area contributed by atoms with Crippen molar-refractivity contribution >= 4 is 34.0 Å². The van der Waals surface area contributed by atoms with Crippen LogP contribution < -0.4 is 0 Å². The van der Waals surface area contributed by atoms with Crippen molar-refractivity contribution in [1.82, 2.24) is 14.7 Å². The summed E-state index contributed by atoms with van der Waals surface area (Å²) < 4.78 is 18.4. The lowest BCUT2D eigenvalue weighted by Crippen LogP contribution is -2.26. The number of allylic oxidation sites excluding steroid dienone is 2. The first-order chi connectivity index (χ1) is 15.9. The minimum Gasteiger partial charge on any atom is -0.466 e. The molecule has 0 saturated carbocycles. The number of ether oxygens (including phenoxy) is 2. The highest BCUT2D eigenvalue weighted by Crippen LogP contribution is 2.28. The normalized spacial score (nSPS) is 18.2. The zero-order valence-electron chi connectivity index (χ0n) is 19.0. The number of halogens is 1. The van der Waals surface area contributed by atoms with Gasteiger partial charge in [-0.2, -0.15) is 4.98 Å². The van der Waals surface area contributed by atoms with Crippen LogP contribution in [-0.2, 0) is 20.8 Å². The van der Waals surface area contributed by atoms with Gasteiger partial charge in [0.1, 0.15) is 0 Å². The second-order valence-electron chi connectivity index (χ2n) is 8.19. The predicted molar refractivity (Wildman–Crippen MR) is 128 cm³/mol. The minimum absolute atomic E-state index is 0.0909. The van der Waals surface area contributed by atoms with Crippen LogP contribution in [0, 0.1) is 0 Å². The van der Waals surface area contributed by atoms with Crippen LogP contribution in [0.15, 0.2) is 53.2 Å². The summed E-state index contributed by atoms with van der Waals surface area (Å²) in [5, 5.41) is 4.93. The van der Waals surface area contributed by atoms with E-state index in [1.807, 2.05) is 69.5 Å². The van der Waals surface area contributed by atoms with Crippen LogP contribution in [0.4, 0.5) is 0 Å². The van der Waals surface area contributed by atoms with Gasteiger partial charge in [0, 0.05) is 41.2 Å². The van der Waals surface area contributed by atoms with E-state index in [-0.39, 0.29) is 23.6 Å². The first-order valence-electron chi connectivity index (χ1n) is 11.2. The van der Waals surface area contributed by atoms with Crippen LogP contribution in [-0.4, -0.2) is 44.9 Å². The third-order valence-corrected chi connectivity index (χ3v) is 5.71. The Hall–Kier alpha value is -2.90. The Bertz CT molecular complexity index is 1180. The molecule has 0 spiro atoms. The molecule has 2 heterocycles. The van der Waals surface area contributed by atoms with Gasteiger partial charge in [0.05, 0.1) is 24.2 Å². The molecule has 0 aliphatic heterocycles. The third kappa shape index (κ3) is 5.54. The molecule has 4 rings (SSSR count). The zero-order chi connectivity index (χ0) is 23.4. The highest BCUT2D eigenvalue weighted by molar-refractivity contribution is 6.23. The van der Waals surface area contributed by atoms with E-state index in [0.717, 1.165) is 35.0 Å². The lowest BCUT2D eigenvalue weighted by molar-refractivity contribution is -0.143. The Balaban J connectivity index is 1.45. The molecule has 0 radical (unpaired) electrons. The van der Waals surface area contributed by atoms with E-state index in [9.17, 15) is 4.79 Å². The first kappa shape index (κ1) is 23.3. The average Bonchev–Trinajstić information content (AvgIpc) is 3.42. The molecule has 7 nitrogen and oxygen atoms in total. The summed E-state index contributed by atoms with van der Waals surface area (Å²) in [5.74, 6) is 0.782. The van der Waals surface area contributed by atoms with Crippen molar-refractivity contribution in [3.05, 3.63) is 54.6 Å². The second kappa shape index (κ2) is 10.4. The highest BCUT2D eigenvalue weighted by Gasteiger charge is 2.23. The Morgan fingerprint density at radius 2 is 2.15 bits per heavy atom. The van der Waals surface area contributed by atoms with E-state index in [1.54, 1.807) is 0 Å². The van der Waals surface area contributed by atoms with Crippen LogP contribution in [0.2, 0.25) is 0 Å². The molecule has 0 fully saturated rings. The Morgan fingerprint density at radius 1 is 1.30 bits per heavy atom. The number of aromatic nitrogens is 3. The summed E-state index contributed by atoms with van der Waals surface area (Å²) in [5.41, 5.74) is 2.74. The fourth-order valence-corrected chi connectivity index (χ4v) is 4.10. The van der Waals surface area contributed by atoms with Crippen molar-refractivity contribution < 1.29 is 18.8 Å². The summed E-state index contributed by atoms with van der Waals surface area (Å²) in [6.07, 6.45) is 8.78. The molecule has 0 amide bonds. The topological polar surface area (TPSA) is 79.4 Å². The smallest absolute Gasteiger partial charge is 0.305 e. The van der Waals surface area contributed by atoms with Crippen LogP contribution in [0.3, 0.4) is 0 Å². The summed E-state index contributed by atoms with van der Waals surface area (Å²) in [6, 6.07) is 8.09. The number of hydrogen-bond acceptors (Lipinski definition) is 6. The molecule has 33 heavy (non-hydrogen) atoms. The average molecular weight is 470 g/mol. The standard InChI is InChI=1S/C25H28ClN3O4/c1-4-31-23(30)6-5-12-29-13-11-17-14-18(7-9-21(17)29)24-27-25(33-28-24)19-8-10-22(20(26)15-19)32-16(2)3/h7-11,13-16,20,22H,4-6,12H2,1-3H3. The Kier molecular flexibility index (Phi) is 7.30. The third-order valence-electron chi connectivity index (χ3n) is 5.33. The van der Waals surface area contributed by atoms with Gasteiger partial charge in [0.15, 0.2) is 0 Å². The van der Waals surface area contributed by atoms with Crippen LogP contribution in [0.25, 0.3) is 27.9 Å². The summed E-state index contributed by atoms with van der Waals surface area (Å²) >= 11 is 6.46. The van der Waals surface area contributed by atoms with E-state index in [0.29, 0.717) is 24.7 Å². The van der Waals surface area contributed by atoms with Crippen molar-refractivity contribution in [2.24, 2.45) is 0 Å². The Morgan fingerprint density at radius 3 is 2.91 bits per heavy atom. The molecule has 8 heteroatoms. The van der Waals surface area contributed by atoms with Gasteiger partial charge in [-0.05, 0) is 51.5 Å². The van der Waals surface area contributed by atoms with Gasteiger partial charge in [0.25, 0.3) is 5.89 Å². The fraction of sp³-hybridized carbons (Fsp3) is 0.400. The van der Waals surface area contributed by atoms with Crippen molar-refractivity contribution in [2.45, 2.75) is 57.7 Å². The molecule has 1 aromatic carbocycles. The van der Waals surface area contributed by atoms with Gasteiger partial charge >= 0.3 is 5.97 Å². The van der Waals surface area contributed by atoms with Crippen LogP contribution in [0.1, 0.15) is 39.5 Å². The number of fused-ring (bicyclic) bond motifs is 1. The number of hydrogen-bond donors (Lipinski definition) is 0. The second-order valence-corrected chi connectivity index (χ2v) is 8.69. The van der Waals surface area contributed by atoms with E-state index in [4.69, 9.17) is 25.6 Å². The molecule has 2 unspecified atom stereocenters. The van der Waals surface area contributed by atoms with Crippen molar-refractivity contribution in [2.75, 3.05) is 6.61 Å². The quantitative estimate of drug-likeness (QED) is 0.309. The summed E-state index contributed by atoms with van der Waals surface area (Å²) in [4.78, 5) is 16.1. The molecule has 0 saturated heterocycles. The predicted octanol–water partition coefficient (Wildman–Crippen LogP) is 5.39. The lowest BCUT2D eigenvalue weighted by atomic mass is 10.0. The molecule has 0 N–H and O–H groups in total. The largest absolute Gasteiger partial charge is 0.466 e. The maximum atomic E-state index is 11.6. The van der Waals surface area contributed by atoms with E-state index >= 15 is 0 Å². The van der Waals surface area contributed by atoms with E-state index < -0.39 is 0 Å². The lowest BCUT2D eigenvalue weighted by Gasteiger charge is -2.22. The van der Waals surface area contributed by atoms with E-state index in [2.05, 4.69) is 14.7 Å². The van der Waals surface area contributed by atoms with Crippen LogP contribution in [0.5, 0.6) is 0 Å².